The molecule has 0 bridgehead atoms. The summed E-state index contributed by atoms with van der Waals surface area (Å²) < 4.78 is 16.2. The standard InChI is InChI=1S/C25H31N3O5/c1-31-21-13-20(14-22(32-2)24(21)33-3)28-16-18(12-23(28)29)25(30)26-19-8-6-7-17(11-19)15-27-9-4-5-10-27/h6-8,11,13-14,18H,4-5,9-10,12,15-16H2,1-3H3,(H,26,30). The highest BCUT2D eigenvalue weighted by Gasteiger charge is 2.36. The predicted octanol–water partition coefficient (Wildman–Crippen LogP) is 3.30. The van der Waals surface area contributed by atoms with Gasteiger partial charge in [0.2, 0.25) is 17.6 Å². The van der Waals surface area contributed by atoms with Gasteiger partial charge in [0.25, 0.3) is 0 Å². The van der Waals surface area contributed by atoms with Gasteiger partial charge in [-0.1, -0.05) is 12.1 Å². The van der Waals surface area contributed by atoms with E-state index in [0.717, 1.165) is 25.3 Å². The third-order valence-corrected chi connectivity index (χ3v) is 6.26. The number of rotatable bonds is 8. The average molecular weight is 454 g/mol. The van der Waals surface area contributed by atoms with Crippen LogP contribution in [0.1, 0.15) is 24.8 Å². The Kier molecular flexibility index (Phi) is 7.03. The minimum Gasteiger partial charge on any atom is -0.493 e. The first-order chi connectivity index (χ1) is 16.0. The molecule has 176 valence electrons. The van der Waals surface area contributed by atoms with Crippen LogP contribution in [0.25, 0.3) is 0 Å². The number of methoxy groups -OCH3 is 3. The van der Waals surface area contributed by atoms with Gasteiger partial charge < -0.3 is 24.4 Å². The summed E-state index contributed by atoms with van der Waals surface area (Å²) in [6.07, 6.45) is 2.64. The third kappa shape index (κ3) is 5.06. The van der Waals surface area contributed by atoms with Crippen LogP contribution in [0, 0.1) is 5.92 Å². The maximum Gasteiger partial charge on any atom is 0.229 e. The Bertz CT molecular complexity index is 994. The Balaban J connectivity index is 1.44. The molecule has 2 aliphatic rings. The number of hydrogen-bond donors (Lipinski definition) is 1. The smallest absolute Gasteiger partial charge is 0.229 e. The number of amides is 2. The van der Waals surface area contributed by atoms with Crippen LogP contribution >= 0.6 is 0 Å². The van der Waals surface area contributed by atoms with E-state index in [-0.39, 0.29) is 24.8 Å². The van der Waals surface area contributed by atoms with E-state index in [4.69, 9.17) is 14.2 Å². The number of benzene rings is 2. The van der Waals surface area contributed by atoms with Crippen molar-refractivity contribution in [1.82, 2.24) is 4.90 Å². The van der Waals surface area contributed by atoms with Crippen LogP contribution in [0.2, 0.25) is 0 Å². The van der Waals surface area contributed by atoms with Crippen molar-refractivity contribution in [3.8, 4) is 17.2 Å². The molecular formula is C25H31N3O5. The van der Waals surface area contributed by atoms with E-state index < -0.39 is 5.92 Å². The van der Waals surface area contributed by atoms with Crippen molar-refractivity contribution in [2.75, 3.05) is 51.2 Å². The molecule has 1 atom stereocenters. The van der Waals surface area contributed by atoms with E-state index in [2.05, 4.69) is 16.3 Å². The lowest BCUT2D eigenvalue weighted by Crippen LogP contribution is -2.28. The van der Waals surface area contributed by atoms with Crippen LogP contribution in [0.15, 0.2) is 36.4 Å². The Hall–Kier alpha value is -3.26. The van der Waals surface area contributed by atoms with Gasteiger partial charge in [-0.3, -0.25) is 14.5 Å². The van der Waals surface area contributed by atoms with E-state index >= 15 is 0 Å². The van der Waals surface area contributed by atoms with Crippen molar-refractivity contribution in [1.29, 1.82) is 0 Å². The summed E-state index contributed by atoms with van der Waals surface area (Å²) in [5.74, 6) is 0.658. The summed E-state index contributed by atoms with van der Waals surface area (Å²) in [5, 5.41) is 3.00. The monoisotopic (exact) mass is 453 g/mol. The van der Waals surface area contributed by atoms with Crippen molar-refractivity contribution in [2.24, 2.45) is 5.92 Å². The summed E-state index contributed by atoms with van der Waals surface area (Å²) in [4.78, 5) is 29.8. The van der Waals surface area contributed by atoms with Crippen molar-refractivity contribution in [3.63, 3.8) is 0 Å². The third-order valence-electron chi connectivity index (χ3n) is 6.26. The lowest BCUT2D eigenvalue weighted by molar-refractivity contribution is -0.122. The normalized spacial score (nSPS) is 18.5. The molecule has 2 aromatic carbocycles. The highest BCUT2D eigenvalue weighted by atomic mass is 16.5. The largest absolute Gasteiger partial charge is 0.493 e. The maximum atomic E-state index is 13.0. The van der Waals surface area contributed by atoms with Crippen LogP contribution < -0.4 is 24.4 Å². The van der Waals surface area contributed by atoms with E-state index in [1.807, 2.05) is 18.2 Å². The Morgan fingerprint density at radius 1 is 1.03 bits per heavy atom. The number of likely N-dealkylation sites (tertiary alicyclic amines) is 1. The van der Waals surface area contributed by atoms with Gasteiger partial charge >= 0.3 is 0 Å². The van der Waals surface area contributed by atoms with E-state index in [9.17, 15) is 9.59 Å². The molecule has 1 N–H and O–H groups in total. The Morgan fingerprint density at radius 3 is 2.36 bits per heavy atom. The number of ether oxygens (including phenoxy) is 3. The van der Waals surface area contributed by atoms with Crippen LogP contribution in [0.4, 0.5) is 11.4 Å². The summed E-state index contributed by atoms with van der Waals surface area (Å²) in [6.45, 7) is 3.42. The quantitative estimate of drug-likeness (QED) is 0.661. The summed E-state index contributed by atoms with van der Waals surface area (Å²) in [7, 11) is 4.59. The second-order valence-corrected chi connectivity index (χ2v) is 8.46. The first kappa shape index (κ1) is 22.9. The minimum atomic E-state index is -0.446. The van der Waals surface area contributed by atoms with E-state index in [1.165, 1.54) is 39.7 Å². The molecule has 2 saturated heterocycles. The summed E-state index contributed by atoms with van der Waals surface area (Å²) in [5.41, 5.74) is 2.55. The molecular weight excluding hydrogens is 422 g/mol. The van der Waals surface area contributed by atoms with E-state index in [1.54, 1.807) is 17.0 Å². The topological polar surface area (TPSA) is 80.3 Å². The Labute approximate surface area is 194 Å². The molecule has 2 heterocycles. The number of anilines is 2. The van der Waals surface area contributed by atoms with Gasteiger partial charge in [-0.15, -0.1) is 0 Å². The summed E-state index contributed by atoms with van der Waals surface area (Å²) >= 11 is 0. The minimum absolute atomic E-state index is 0.118. The van der Waals surface area contributed by atoms with Gasteiger partial charge in [0.15, 0.2) is 11.5 Å². The zero-order valence-electron chi connectivity index (χ0n) is 19.4. The molecule has 1 unspecified atom stereocenters. The molecule has 2 amide bonds. The zero-order valence-corrected chi connectivity index (χ0v) is 19.4. The van der Waals surface area contributed by atoms with Gasteiger partial charge in [-0.05, 0) is 43.6 Å². The fourth-order valence-electron chi connectivity index (χ4n) is 4.55. The van der Waals surface area contributed by atoms with Gasteiger partial charge in [-0.25, -0.2) is 0 Å². The second-order valence-electron chi connectivity index (χ2n) is 8.46. The van der Waals surface area contributed by atoms with E-state index in [0.29, 0.717) is 22.9 Å². The number of hydrogen-bond acceptors (Lipinski definition) is 6. The number of nitrogens with zero attached hydrogens (tertiary/aromatic N) is 2. The van der Waals surface area contributed by atoms with Crippen molar-refractivity contribution >= 4 is 23.2 Å². The van der Waals surface area contributed by atoms with Crippen LogP contribution in [0.3, 0.4) is 0 Å². The molecule has 0 aromatic heterocycles. The molecule has 4 rings (SSSR count). The number of nitrogens with one attached hydrogen (secondary N) is 1. The molecule has 2 aliphatic heterocycles. The first-order valence-corrected chi connectivity index (χ1v) is 11.2. The highest BCUT2D eigenvalue weighted by Crippen LogP contribution is 2.42. The molecule has 0 saturated carbocycles. The van der Waals surface area contributed by atoms with Gasteiger partial charge in [0, 0.05) is 37.3 Å². The fourth-order valence-corrected chi connectivity index (χ4v) is 4.55. The van der Waals surface area contributed by atoms with Crippen molar-refractivity contribution in [3.05, 3.63) is 42.0 Å². The fraction of sp³-hybridized carbons (Fsp3) is 0.440. The van der Waals surface area contributed by atoms with Gasteiger partial charge in [-0.2, -0.15) is 0 Å². The molecule has 0 spiro atoms. The maximum absolute atomic E-state index is 13.0. The molecule has 0 aliphatic carbocycles. The number of carbonyl (C=O) groups excluding carboxylic acids is 2. The lowest BCUT2D eigenvalue weighted by Gasteiger charge is -2.20. The zero-order chi connectivity index (χ0) is 23.4. The highest BCUT2D eigenvalue weighted by molar-refractivity contribution is 6.03. The van der Waals surface area contributed by atoms with Crippen LogP contribution in [-0.2, 0) is 16.1 Å². The summed E-state index contributed by atoms with van der Waals surface area (Å²) in [6, 6.07) is 11.4. The molecule has 2 fully saturated rings. The molecule has 0 radical (unpaired) electrons. The molecule has 8 heteroatoms. The average Bonchev–Trinajstić information content (AvgIpc) is 3.47. The number of carbonyl (C=O) groups is 2. The van der Waals surface area contributed by atoms with Crippen LogP contribution in [0.5, 0.6) is 17.2 Å². The second kappa shape index (κ2) is 10.1. The molecule has 2 aromatic rings. The van der Waals surface area contributed by atoms with Crippen molar-refractivity contribution in [2.45, 2.75) is 25.8 Å². The van der Waals surface area contributed by atoms with Gasteiger partial charge in [0.1, 0.15) is 0 Å². The predicted molar refractivity (Wildman–Crippen MR) is 126 cm³/mol. The SMILES string of the molecule is COc1cc(N2CC(C(=O)Nc3cccc(CN4CCCC4)c3)CC2=O)cc(OC)c1OC. The molecule has 8 nitrogen and oxygen atoms in total. The van der Waals surface area contributed by atoms with Gasteiger partial charge in [0.05, 0.1) is 32.9 Å². The first-order valence-electron chi connectivity index (χ1n) is 11.2. The molecule has 33 heavy (non-hydrogen) atoms. The Morgan fingerprint density at radius 2 is 1.73 bits per heavy atom. The lowest BCUT2D eigenvalue weighted by atomic mass is 10.1. The van der Waals surface area contributed by atoms with Crippen LogP contribution in [-0.4, -0.2) is 57.7 Å². The van der Waals surface area contributed by atoms with Crippen molar-refractivity contribution < 1.29 is 23.8 Å².